The Morgan fingerprint density at radius 1 is 1.16 bits per heavy atom. The highest BCUT2D eigenvalue weighted by molar-refractivity contribution is 6.05. The van der Waals surface area contributed by atoms with Crippen LogP contribution in [0.25, 0.3) is 5.69 Å². The molecule has 2 heterocycles. The van der Waals surface area contributed by atoms with E-state index in [9.17, 15) is 19.2 Å². The predicted molar refractivity (Wildman–Crippen MR) is 142 cm³/mol. The average molecular weight is 519 g/mol. The molecule has 0 radical (unpaired) electrons. The normalized spacial score (nSPS) is 17.6. The quantitative estimate of drug-likeness (QED) is 0.473. The molecule has 0 spiro atoms. The minimum Gasteiger partial charge on any atom is -0.465 e. The minimum absolute atomic E-state index is 0.0784. The summed E-state index contributed by atoms with van der Waals surface area (Å²) in [6, 6.07) is 13.5. The number of hydrogen-bond donors (Lipinski definition) is 1. The van der Waals surface area contributed by atoms with Crippen LogP contribution in [0.2, 0.25) is 0 Å². The lowest BCUT2D eigenvalue weighted by atomic mass is 10.0. The zero-order valence-corrected chi connectivity index (χ0v) is 21.9. The number of nitriles is 1. The maximum Gasteiger partial charge on any atom is 0.320 e. The van der Waals surface area contributed by atoms with E-state index in [-0.39, 0.29) is 36.3 Å². The van der Waals surface area contributed by atoms with Gasteiger partial charge in [0.25, 0.3) is 5.91 Å². The van der Waals surface area contributed by atoms with E-state index < -0.39 is 0 Å². The van der Waals surface area contributed by atoms with E-state index in [4.69, 9.17) is 4.74 Å². The highest BCUT2D eigenvalue weighted by Gasteiger charge is 2.32. The summed E-state index contributed by atoms with van der Waals surface area (Å²) in [6.07, 6.45) is 1.46. The molecule has 1 amide bonds. The lowest BCUT2D eigenvalue weighted by Crippen LogP contribution is -2.58. The van der Waals surface area contributed by atoms with E-state index in [0.29, 0.717) is 47.9 Å². The third kappa shape index (κ3) is 5.68. The number of nitrogens with one attached hydrogen (secondary N) is 1. The molecule has 1 N–H and O–H groups in total. The van der Waals surface area contributed by atoms with Crippen LogP contribution in [0, 0.1) is 24.1 Å². The summed E-state index contributed by atoms with van der Waals surface area (Å²) in [5.74, 6) is -0.950. The number of benzene rings is 2. The number of aromatic nitrogens is 2. The summed E-state index contributed by atoms with van der Waals surface area (Å²) in [6.45, 7) is 9.54. The molecular weight excluding hydrogens is 487 g/mol. The molecule has 0 unspecified atom stereocenters. The Bertz CT molecular complexity index is 1350. The molecule has 0 bridgehead atoms. The van der Waals surface area contributed by atoms with Gasteiger partial charge in [-0.25, -0.2) is 9.07 Å². The SMILES string of the molecule is CCOC(=O)CN1[C@H](C)CN(c2ccc(NC(=O)c3cnn(-c4ccc(F)cc4)c3C)cc2C#N)C[C@@H]1C. The van der Waals surface area contributed by atoms with Gasteiger partial charge in [0.15, 0.2) is 0 Å². The molecule has 1 aliphatic rings. The highest BCUT2D eigenvalue weighted by atomic mass is 19.1. The summed E-state index contributed by atoms with van der Waals surface area (Å²) >= 11 is 0. The molecule has 1 saturated heterocycles. The Morgan fingerprint density at radius 2 is 1.84 bits per heavy atom. The number of carbonyl (C=O) groups excluding carboxylic acids is 2. The van der Waals surface area contributed by atoms with Crippen LogP contribution in [0.15, 0.2) is 48.7 Å². The van der Waals surface area contributed by atoms with Gasteiger partial charge in [0.2, 0.25) is 0 Å². The van der Waals surface area contributed by atoms with Crippen LogP contribution in [-0.4, -0.2) is 64.9 Å². The number of piperazine rings is 1. The summed E-state index contributed by atoms with van der Waals surface area (Å²) in [4.78, 5) is 29.3. The Labute approximate surface area is 221 Å². The third-order valence-corrected chi connectivity index (χ3v) is 6.76. The van der Waals surface area contributed by atoms with Crippen LogP contribution in [0.5, 0.6) is 0 Å². The first-order valence-electron chi connectivity index (χ1n) is 12.5. The van der Waals surface area contributed by atoms with E-state index in [1.807, 2.05) is 6.07 Å². The fourth-order valence-electron chi connectivity index (χ4n) is 4.87. The fourth-order valence-corrected chi connectivity index (χ4v) is 4.87. The van der Waals surface area contributed by atoms with Gasteiger partial charge in [-0.15, -0.1) is 0 Å². The van der Waals surface area contributed by atoms with Crippen molar-refractivity contribution in [1.29, 1.82) is 5.26 Å². The number of rotatable bonds is 7. The Kier molecular flexibility index (Phi) is 8.08. The third-order valence-electron chi connectivity index (χ3n) is 6.76. The van der Waals surface area contributed by atoms with Gasteiger partial charge >= 0.3 is 5.97 Å². The number of carbonyl (C=O) groups is 2. The number of esters is 1. The fraction of sp³-hybridized carbons (Fsp3) is 0.357. The number of hydrogen-bond acceptors (Lipinski definition) is 7. The first-order valence-corrected chi connectivity index (χ1v) is 12.5. The minimum atomic E-state index is -0.359. The molecule has 38 heavy (non-hydrogen) atoms. The average Bonchev–Trinajstić information content (AvgIpc) is 3.28. The summed E-state index contributed by atoms with van der Waals surface area (Å²) < 4.78 is 20.0. The van der Waals surface area contributed by atoms with Gasteiger partial charge in [-0.2, -0.15) is 10.4 Å². The first-order chi connectivity index (χ1) is 18.2. The molecule has 3 aromatic rings. The molecular formula is C28H31FN6O3. The van der Waals surface area contributed by atoms with Gasteiger partial charge in [-0.1, -0.05) is 0 Å². The van der Waals surface area contributed by atoms with Crippen molar-refractivity contribution in [3.05, 3.63) is 71.3 Å². The number of anilines is 2. The van der Waals surface area contributed by atoms with Crippen LogP contribution in [0.1, 0.15) is 42.4 Å². The Hall–Kier alpha value is -4.23. The standard InChI is InChI=1S/C28H31FN6O3/c1-5-38-27(36)17-34-18(2)15-33(16-19(34)3)26-11-8-23(12-21(26)13-30)32-28(37)25-14-31-35(20(25)4)24-9-6-22(29)7-10-24/h6-12,14,18-19H,5,15-17H2,1-4H3,(H,32,37)/t18-,19+. The molecule has 0 saturated carbocycles. The van der Waals surface area contributed by atoms with Crippen LogP contribution in [0.3, 0.4) is 0 Å². The molecule has 1 aliphatic heterocycles. The molecule has 198 valence electrons. The molecule has 2 aromatic carbocycles. The van der Waals surface area contributed by atoms with Crippen LogP contribution in [0.4, 0.5) is 15.8 Å². The number of halogens is 1. The summed E-state index contributed by atoms with van der Waals surface area (Å²) in [7, 11) is 0. The topological polar surface area (TPSA) is 103 Å². The molecule has 1 aromatic heterocycles. The molecule has 2 atom stereocenters. The lowest BCUT2D eigenvalue weighted by Gasteiger charge is -2.45. The predicted octanol–water partition coefficient (Wildman–Crippen LogP) is 3.91. The van der Waals surface area contributed by atoms with E-state index in [0.717, 1.165) is 5.69 Å². The van der Waals surface area contributed by atoms with Crippen molar-refractivity contribution in [1.82, 2.24) is 14.7 Å². The van der Waals surface area contributed by atoms with Crippen molar-refractivity contribution in [2.24, 2.45) is 0 Å². The van der Waals surface area contributed by atoms with Gasteiger partial charge in [-0.3, -0.25) is 14.5 Å². The highest BCUT2D eigenvalue weighted by Crippen LogP contribution is 2.28. The number of ether oxygens (including phenoxy) is 1. The second-order valence-electron chi connectivity index (χ2n) is 9.41. The Morgan fingerprint density at radius 3 is 2.47 bits per heavy atom. The van der Waals surface area contributed by atoms with Gasteiger partial charge in [-0.05, 0) is 70.2 Å². The second-order valence-corrected chi connectivity index (χ2v) is 9.41. The largest absolute Gasteiger partial charge is 0.465 e. The molecule has 1 fully saturated rings. The number of nitrogens with zero attached hydrogens (tertiary/aromatic N) is 5. The van der Waals surface area contributed by atoms with Gasteiger partial charge in [0.05, 0.1) is 47.5 Å². The zero-order chi connectivity index (χ0) is 27.4. The van der Waals surface area contributed by atoms with Gasteiger partial charge < -0.3 is 15.0 Å². The van der Waals surface area contributed by atoms with E-state index in [1.165, 1.54) is 18.3 Å². The van der Waals surface area contributed by atoms with Crippen molar-refractivity contribution in [3.63, 3.8) is 0 Å². The van der Waals surface area contributed by atoms with Gasteiger partial charge in [0, 0.05) is 30.9 Å². The van der Waals surface area contributed by atoms with Crippen molar-refractivity contribution in [3.8, 4) is 11.8 Å². The Balaban J connectivity index is 1.47. The monoisotopic (exact) mass is 518 g/mol. The van der Waals surface area contributed by atoms with Crippen molar-refractivity contribution in [2.75, 3.05) is 36.5 Å². The van der Waals surface area contributed by atoms with Crippen molar-refractivity contribution in [2.45, 2.75) is 39.8 Å². The van der Waals surface area contributed by atoms with Crippen molar-refractivity contribution >= 4 is 23.3 Å². The van der Waals surface area contributed by atoms with E-state index in [1.54, 1.807) is 42.8 Å². The molecule has 4 rings (SSSR count). The first kappa shape index (κ1) is 26.8. The zero-order valence-electron chi connectivity index (χ0n) is 21.9. The second kappa shape index (κ2) is 11.4. The lowest BCUT2D eigenvalue weighted by molar-refractivity contribution is -0.145. The number of amides is 1. The summed E-state index contributed by atoms with van der Waals surface area (Å²) in [5.41, 5.74) is 3.34. The molecule has 10 heteroatoms. The smallest absolute Gasteiger partial charge is 0.320 e. The van der Waals surface area contributed by atoms with Crippen LogP contribution in [-0.2, 0) is 9.53 Å². The van der Waals surface area contributed by atoms with Gasteiger partial charge in [0.1, 0.15) is 11.9 Å². The molecule has 9 nitrogen and oxygen atoms in total. The van der Waals surface area contributed by atoms with Crippen LogP contribution < -0.4 is 10.2 Å². The maximum absolute atomic E-state index is 13.3. The molecule has 0 aliphatic carbocycles. The van der Waals surface area contributed by atoms with E-state index in [2.05, 4.69) is 40.1 Å². The summed E-state index contributed by atoms with van der Waals surface area (Å²) in [5, 5.41) is 17.0. The van der Waals surface area contributed by atoms with Crippen molar-refractivity contribution < 1.29 is 18.7 Å². The van der Waals surface area contributed by atoms with Crippen LogP contribution >= 0.6 is 0 Å². The van der Waals surface area contributed by atoms with E-state index >= 15 is 0 Å². The maximum atomic E-state index is 13.3.